The smallest absolute Gasteiger partial charge is 0.248 e. The highest BCUT2D eigenvalue weighted by Gasteiger charge is 2.12. The Balaban J connectivity index is 1.54. The van der Waals surface area contributed by atoms with Gasteiger partial charge >= 0.3 is 0 Å². The molecule has 1 aliphatic rings. The quantitative estimate of drug-likeness (QED) is 0.812. The van der Waals surface area contributed by atoms with Gasteiger partial charge in [0, 0.05) is 16.1 Å². The number of carbonyl (C=O) groups is 2. The van der Waals surface area contributed by atoms with Gasteiger partial charge in [-0.15, -0.1) is 11.8 Å². The lowest BCUT2D eigenvalue weighted by molar-refractivity contribution is -0.113. The third kappa shape index (κ3) is 3.99. The monoisotopic (exact) mass is 344 g/mol. The van der Waals surface area contributed by atoms with Gasteiger partial charge in [-0.25, -0.2) is 0 Å². The molecule has 0 atom stereocenters. The highest BCUT2D eigenvalue weighted by molar-refractivity contribution is 8.00. The average Bonchev–Trinajstić information content (AvgIpc) is 2.60. The zero-order chi connectivity index (χ0) is 16.9. The molecule has 2 amide bonds. The van der Waals surface area contributed by atoms with Gasteiger partial charge in [0.15, 0.2) is 11.5 Å². The Morgan fingerprint density at radius 2 is 1.75 bits per heavy atom. The molecule has 0 unspecified atom stereocenters. The molecule has 0 radical (unpaired) electrons. The number of amides is 2. The van der Waals surface area contributed by atoms with Crippen LogP contribution in [0.5, 0.6) is 11.5 Å². The second-order valence-electron chi connectivity index (χ2n) is 5.08. The molecule has 7 heteroatoms. The van der Waals surface area contributed by atoms with Gasteiger partial charge in [0.2, 0.25) is 11.8 Å². The summed E-state index contributed by atoms with van der Waals surface area (Å²) in [7, 11) is 0. The van der Waals surface area contributed by atoms with Crippen LogP contribution in [0.15, 0.2) is 47.4 Å². The predicted octanol–water partition coefficient (Wildman–Crippen LogP) is 2.29. The van der Waals surface area contributed by atoms with E-state index in [9.17, 15) is 9.59 Å². The van der Waals surface area contributed by atoms with Crippen LogP contribution in [0.4, 0.5) is 5.69 Å². The molecule has 3 rings (SSSR count). The van der Waals surface area contributed by atoms with Crippen LogP contribution in [0.25, 0.3) is 0 Å². The maximum atomic E-state index is 12.0. The molecule has 0 aliphatic carbocycles. The van der Waals surface area contributed by atoms with E-state index in [4.69, 9.17) is 15.2 Å². The van der Waals surface area contributed by atoms with Crippen molar-refractivity contribution in [2.24, 2.45) is 5.73 Å². The maximum absolute atomic E-state index is 12.0. The van der Waals surface area contributed by atoms with Gasteiger partial charge in [0.05, 0.1) is 5.75 Å². The van der Waals surface area contributed by atoms with Crippen molar-refractivity contribution >= 4 is 29.3 Å². The third-order valence-electron chi connectivity index (χ3n) is 3.34. The minimum Gasteiger partial charge on any atom is -0.486 e. The van der Waals surface area contributed by atoms with Crippen molar-refractivity contribution in [2.45, 2.75) is 4.90 Å². The van der Waals surface area contributed by atoms with Crippen LogP contribution >= 0.6 is 11.8 Å². The zero-order valence-corrected chi connectivity index (χ0v) is 13.6. The van der Waals surface area contributed by atoms with E-state index in [0.717, 1.165) is 10.6 Å². The standard InChI is InChI=1S/C17H16N2O4S/c18-17(21)11-1-3-12(4-2-11)19-16(20)10-24-13-5-6-14-15(9-13)23-8-7-22-14/h1-6,9H,7-8,10H2,(H2,18,21)(H,19,20). The summed E-state index contributed by atoms with van der Waals surface area (Å²) in [5.74, 6) is 1.05. The minimum atomic E-state index is -0.498. The van der Waals surface area contributed by atoms with E-state index in [-0.39, 0.29) is 11.7 Å². The Kier molecular flexibility index (Phi) is 4.90. The molecule has 0 fully saturated rings. The summed E-state index contributed by atoms with van der Waals surface area (Å²) in [6, 6.07) is 12.1. The molecule has 6 nitrogen and oxygen atoms in total. The fourth-order valence-corrected chi connectivity index (χ4v) is 2.90. The van der Waals surface area contributed by atoms with Gasteiger partial charge < -0.3 is 20.5 Å². The first kappa shape index (κ1) is 16.2. The molecule has 1 heterocycles. The van der Waals surface area contributed by atoms with Crippen molar-refractivity contribution in [1.29, 1.82) is 0 Å². The van der Waals surface area contributed by atoms with E-state index in [2.05, 4.69) is 5.32 Å². The lowest BCUT2D eigenvalue weighted by atomic mass is 10.2. The highest BCUT2D eigenvalue weighted by atomic mass is 32.2. The number of benzene rings is 2. The number of carbonyl (C=O) groups excluding carboxylic acids is 2. The number of anilines is 1. The number of fused-ring (bicyclic) bond motifs is 1. The van der Waals surface area contributed by atoms with Crippen LogP contribution < -0.4 is 20.5 Å². The summed E-state index contributed by atoms with van der Waals surface area (Å²) in [5, 5.41) is 2.77. The Hall–Kier alpha value is -2.67. The van der Waals surface area contributed by atoms with Crippen LogP contribution in [0.1, 0.15) is 10.4 Å². The number of hydrogen-bond donors (Lipinski definition) is 2. The van der Waals surface area contributed by atoms with Crippen LogP contribution in [0.3, 0.4) is 0 Å². The van der Waals surface area contributed by atoms with Crippen LogP contribution in [-0.4, -0.2) is 30.8 Å². The lowest BCUT2D eigenvalue weighted by Crippen LogP contribution is -2.16. The zero-order valence-electron chi connectivity index (χ0n) is 12.8. The van der Waals surface area contributed by atoms with Gasteiger partial charge in [-0.1, -0.05) is 0 Å². The second kappa shape index (κ2) is 7.27. The number of ether oxygens (including phenoxy) is 2. The van der Waals surface area contributed by atoms with Crippen LogP contribution in [0, 0.1) is 0 Å². The van der Waals surface area contributed by atoms with E-state index < -0.39 is 5.91 Å². The summed E-state index contributed by atoms with van der Waals surface area (Å²) in [6.45, 7) is 1.08. The van der Waals surface area contributed by atoms with Crippen molar-refractivity contribution in [1.82, 2.24) is 0 Å². The fourth-order valence-electron chi connectivity index (χ4n) is 2.18. The van der Waals surface area contributed by atoms with Crippen molar-refractivity contribution in [3.8, 4) is 11.5 Å². The predicted molar refractivity (Wildman–Crippen MR) is 91.7 cm³/mol. The number of nitrogens with two attached hydrogens (primary N) is 1. The minimum absolute atomic E-state index is 0.137. The summed E-state index contributed by atoms with van der Waals surface area (Å²) < 4.78 is 11.0. The summed E-state index contributed by atoms with van der Waals surface area (Å²) >= 11 is 1.41. The average molecular weight is 344 g/mol. The van der Waals surface area contributed by atoms with Crippen LogP contribution in [0.2, 0.25) is 0 Å². The topological polar surface area (TPSA) is 90.7 Å². The van der Waals surface area contributed by atoms with Crippen LogP contribution in [-0.2, 0) is 4.79 Å². The lowest BCUT2D eigenvalue weighted by Gasteiger charge is -2.18. The van der Waals surface area contributed by atoms with Crippen molar-refractivity contribution in [2.75, 3.05) is 24.3 Å². The molecule has 0 saturated heterocycles. The van der Waals surface area contributed by atoms with Crippen molar-refractivity contribution in [3.63, 3.8) is 0 Å². The number of thioether (sulfide) groups is 1. The molecular weight excluding hydrogens is 328 g/mol. The Bertz CT molecular complexity index is 762. The maximum Gasteiger partial charge on any atom is 0.248 e. The first-order chi connectivity index (χ1) is 11.6. The normalized spacial score (nSPS) is 12.5. The SMILES string of the molecule is NC(=O)c1ccc(NC(=O)CSc2ccc3c(c2)OCCO3)cc1. The van der Waals surface area contributed by atoms with Gasteiger partial charge in [0.1, 0.15) is 13.2 Å². The first-order valence-corrected chi connectivity index (χ1v) is 8.32. The molecule has 0 aromatic heterocycles. The van der Waals surface area contributed by atoms with E-state index >= 15 is 0 Å². The molecule has 124 valence electrons. The largest absolute Gasteiger partial charge is 0.486 e. The van der Waals surface area contributed by atoms with Crippen molar-refractivity contribution < 1.29 is 19.1 Å². The third-order valence-corrected chi connectivity index (χ3v) is 4.33. The molecule has 1 aliphatic heterocycles. The summed E-state index contributed by atoms with van der Waals surface area (Å²) in [6.07, 6.45) is 0. The molecule has 0 bridgehead atoms. The number of nitrogens with one attached hydrogen (secondary N) is 1. The molecule has 0 saturated carbocycles. The Labute approximate surface area is 143 Å². The molecule has 2 aromatic carbocycles. The highest BCUT2D eigenvalue weighted by Crippen LogP contribution is 2.34. The molecule has 24 heavy (non-hydrogen) atoms. The summed E-state index contributed by atoms with van der Waals surface area (Å²) in [4.78, 5) is 24.0. The van der Waals surface area contributed by atoms with Gasteiger partial charge in [0.25, 0.3) is 0 Å². The molecule has 3 N–H and O–H groups in total. The van der Waals surface area contributed by atoms with Gasteiger partial charge in [-0.05, 0) is 42.5 Å². The molecule has 2 aromatic rings. The second-order valence-corrected chi connectivity index (χ2v) is 6.13. The van der Waals surface area contributed by atoms with Gasteiger partial charge in [-0.3, -0.25) is 9.59 Å². The molecule has 0 spiro atoms. The van der Waals surface area contributed by atoms with Crippen molar-refractivity contribution in [3.05, 3.63) is 48.0 Å². The Morgan fingerprint density at radius 1 is 1.04 bits per heavy atom. The number of primary amides is 1. The Morgan fingerprint density at radius 3 is 2.46 bits per heavy atom. The van der Waals surface area contributed by atoms with E-state index in [0.29, 0.717) is 30.2 Å². The molecular formula is C17H16N2O4S. The summed E-state index contributed by atoms with van der Waals surface area (Å²) in [5.41, 5.74) is 6.20. The number of rotatable bonds is 5. The van der Waals surface area contributed by atoms with E-state index in [1.54, 1.807) is 24.3 Å². The first-order valence-electron chi connectivity index (χ1n) is 7.34. The van der Waals surface area contributed by atoms with E-state index in [1.165, 1.54) is 11.8 Å². The van der Waals surface area contributed by atoms with Gasteiger partial charge in [-0.2, -0.15) is 0 Å². The fraction of sp³-hybridized carbons (Fsp3) is 0.176. The van der Waals surface area contributed by atoms with E-state index in [1.807, 2.05) is 18.2 Å². The number of hydrogen-bond acceptors (Lipinski definition) is 5.